The highest BCUT2D eigenvalue weighted by atomic mass is 16.7. The van der Waals surface area contributed by atoms with Gasteiger partial charge in [0.1, 0.15) is 0 Å². The lowest BCUT2D eigenvalue weighted by Crippen LogP contribution is -2.26. The molecule has 2 bridgehead atoms. The number of esters is 1. The average Bonchev–Trinajstić information content (AvgIpc) is 3.22. The Bertz CT molecular complexity index is 1040. The van der Waals surface area contributed by atoms with E-state index < -0.39 is 6.29 Å². The highest BCUT2D eigenvalue weighted by molar-refractivity contribution is 5.99. The van der Waals surface area contributed by atoms with E-state index >= 15 is 0 Å². The molecule has 3 aromatic carbocycles. The Balaban J connectivity index is 1.60. The summed E-state index contributed by atoms with van der Waals surface area (Å²) < 4.78 is 11.1. The smallest absolute Gasteiger partial charge is 0.314 e. The van der Waals surface area contributed by atoms with Crippen LogP contribution in [-0.2, 0) is 14.3 Å². The van der Waals surface area contributed by atoms with Gasteiger partial charge in [0, 0.05) is 0 Å². The van der Waals surface area contributed by atoms with Gasteiger partial charge in [-0.15, -0.1) is 0 Å². The molecule has 0 radical (unpaired) electrons. The zero-order chi connectivity index (χ0) is 16.0. The molecule has 6 rings (SSSR count). The van der Waals surface area contributed by atoms with Crippen molar-refractivity contribution in [1.29, 1.82) is 0 Å². The maximum absolute atomic E-state index is 12.0. The molecule has 3 heterocycles. The van der Waals surface area contributed by atoms with Crippen molar-refractivity contribution in [3.8, 4) is 0 Å². The van der Waals surface area contributed by atoms with Gasteiger partial charge in [-0.1, -0.05) is 24.3 Å². The predicted molar refractivity (Wildman–Crippen MR) is 87.1 cm³/mol. The van der Waals surface area contributed by atoms with Crippen LogP contribution in [0.25, 0.3) is 21.5 Å². The molecule has 0 spiro atoms. The number of ether oxygens (including phenoxy) is 2. The van der Waals surface area contributed by atoms with Crippen molar-refractivity contribution in [3.05, 3.63) is 59.7 Å². The van der Waals surface area contributed by atoms with Crippen molar-refractivity contribution >= 4 is 27.5 Å². The van der Waals surface area contributed by atoms with Gasteiger partial charge in [0.15, 0.2) is 0 Å². The molecule has 5 unspecified atom stereocenters. The van der Waals surface area contributed by atoms with E-state index in [1.54, 1.807) is 0 Å². The summed E-state index contributed by atoms with van der Waals surface area (Å²) in [6, 6.07) is 16.9. The Morgan fingerprint density at radius 2 is 1.46 bits per heavy atom. The molecule has 2 fully saturated rings. The zero-order valence-electron chi connectivity index (χ0n) is 12.7. The van der Waals surface area contributed by atoms with Gasteiger partial charge < -0.3 is 14.6 Å². The summed E-state index contributed by atoms with van der Waals surface area (Å²) in [5.41, 5.74) is 2.15. The standard InChI is InChI=1S/C20H14O4/c21-19-15-16(20(22)24-19)18-14-8-12-6-10-4-2-1-3-9(10)5-11(12)7-13(14)17(15)23-18/h1-8,15-19,21H. The van der Waals surface area contributed by atoms with Crippen molar-refractivity contribution in [2.45, 2.75) is 18.5 Å². The summed E-state index contributed by atoms with van der Waals surface area (Å²) in [5, 5.41) is 14.7. The fraction of sp³-hybridized carbons (Fsp3) is 0.250. The molecule has 3 aromatic rings. The number of carbonyl (C=O) groups is 1. The lowest BCUT2D eigenvalue weighted by atomic mass is 9.76. The van der Waals surface area contributed by atoms with E-state index in [9.17, 15) is 9.90 Å². The number of hydrogen-bond donors (Lipinski definition) is 1. The van der Waals surface area contributed by atoms with E-state index in [0.29, 0.717) is 0 Å². The van der Waals surface area contributed by atoms with Gasteiger partial charge in [-0.25, -0.2) is 0 Å². The van der Waals surface area contributed by atoms with Crippen molar-refractivity contribution in [2.24, 2.45) is 11.8 Å². The van der Waals surface area contributed by atoms with Crippen LogP contribution in [0.3, 0.4) is 0 Å². The third-order valence-corrected chi connectivity index (χ3v) is 5.74. The minimum atomic E-state index is -1.06. The Hall–Kier alpha value is -2.43. The first-order valence-electron chi connectivity index (χ1n) is 8.21. The Morgan fingerprint density at radius 1 is 0.833 bits per heavy atom. The van der Waals surface area contributed by atoms with Gasteiger partial charge >= 0.3 is 5.97 Å². The fourth-order valence-electron chi connectivity index (χ4n) is 4.67. The van der Waals surface area contributed by atoms with E-state index in [2.05, 4.69) is 36.4 Å². The van der Waals surface area contributed by atoms with Crippen LogP contribution < -0.4 is 0 Å². The zero-order valence-corrected chi connectivity index (χ0v) is 12.7. The maximum atomic E-state index is 12.0. The molecule has 0 aliphatic carbocycles. The molecule has 5 atom stereocenters. The second-order valence-electron chi connectivity index (χ2n) is 6.94. The average molecular weight is 318 g/mol. The van der Waals surface area contributed by atoms with E-state index in [-0.39, 0.29) is 30.0 Å². The third-order valence-electron chi connectivity index (χ3n) is 5.74. The molecule has 4 heteroatoms. The van der Waals surface area contributed by atoms with Gasteiger partial charge in [0.05, 0.1) is 24.0 Å². The second kappa shape index (κ2) is 4.15. The third kappa shape index (κ3) is 1.44. The molecule has 2 saturated heterocycles. The molecular weight excluding hydrogens is 304 g/mol. The van der Waals surface area contributed by atoms with E-state index in [1.807, 2.05) is 12.1 Å². The molecule has 1 N–H and O–H groups in total. The van der Waals surface area contributed by atoms with Crippen LogP contribution >= 0.6 is 0 Å². The molecular formula is C20H14O4. The SMILES string of the molecule is O=C1OC(O)C2C3OC(c4cc5cc6ccccc6cc5cc43)C12. The molecule has 0 aromatic heterocycles. The van der Waals surface area contributed by atoms with Crippen LogP contribution in [0.2, 0.25) is 0 Å². The summed E-state index contributed by atoms with van der Waals surface area (Å²) in [6.07, 6.45) is -1.61. The van der Waals surface area contributed by atoms with Crippen LogP contribution in [0.15, 0.2) is 48.5 Å². The number of rotatable bonds is 0. The number of benzene rings is 3. The molecule has 0 saturated carbocycles. The second-order valence-corrected chi connectivity index (χ2v) is 6.94. The monoisotopic (exact) mass is 318 g/mol. The molecule has 0 amide bonds. The summed E-state index contributed by atoms with van der Waals surface area (Å²) in [4.78, 5) is 12.0. The number of fused-ring (bicyclic) bond motifs is 10. The normalized spacial score (nSPS) is 33.0. The van der Waals surface area contributed by atoms with Crippen LogP contribution in [0.1, 0.15) is 23.3 Å². The highest BCUT2D eigenvalue weighted by Crippen LogP contribution is 2.61. The molecule has 4 nitrogen and oxygen atoms in total. The largest absolute Gasteiger partial charge is 0.435 e. The molecule has 3 aliphatic rings. The summed E-state index contributed by atoms with van der Waals surface area (Å²) in [6.45, 7) is 0. The number of hydrogen-bond acceptors (Lipinski definition) is 4. The summed E-state index contributed by atoms with van der Waals surface area (Å²) >= 11 is 0. The van der Waals surface area contributed by atoms with Crippen molar-refractivity contribution in [1.82, 2.24) is 0 Å². The molecule has 118 valence electrons. The van der Waals surface area contributed by atoms with Gasteiger partial charge in [-0.3, -0.25) is 4.79 Å². The first-order chi connectivity index (χ1) is 11.7. The Kier molecular flexibility index (Phi) is 2.24. The van der Waals surface area contributed by atoms with Crippen LogP contribution in [0, 0.1) is 11.8 Å². The Morgan fingerprint density at radius 3 is 2.12 bits per heavy atom. The first kappa shape index (κ1) is 12.9. The lowest BCUT2D eigenvalue weighted by Gasteiger charge is -2.22. The summed E-state index contributed by atoms with van der Waals surface area (Å²) in [7, 11) is 0. The van der Waals surface area contributed by atoms with Crippen molar-refractivity contribution in [2.75, 3.05) is 0 Å². The highest BCUT2D eigenvalue weighted by Gasteiger charge is 2.63. The van der Waals surface area contributed by atoms with Crippen LogP contribution in [0.4, 0.5) is 0 Å². The first-order valence-corrected chi connectivity index (χ1v) is 8.21. The van der Waals surface area contributed by atoms with Gasteiger partial charge in [0.25, 0.3) is 0 Å². The quantitative estimate of drug-likeness (QED) is 0.511. The lowest BCUT2D eigenvalue weighted by molar-refractivity contribution is -0.164. The Labute approximate surface area is 137 Å². The van der Waals surface area contributed by atoms with Gasteiger partial charge in [0.2, 0.25) is 6.29 Å². The number of aliphatic hydroxyl groups excluding tert-OH is 1. The molecule has 3 aliphatic heterocycles. The topological polar surface area (TPSA) is 55.8 Å². The summed E-state index contributed by atoms with van der Waals surface area (Å²) in [5.74, 6) is -1.01. The minimum absolute atomic E-state index is 0.257. The van der Waals surface area contributed by atoms with E-state index in [0.717, 1.165) is 21.9 Å². The van der Waals surface area contributed by atoms with Gasteiger partial charge in [-0.2, -0.15) is 0 Å². The molecule has 24 heavy (non-hydrogen) atoms. The fourth-order valence-corrected chi connectivity index (χ4v) is 4.67. The van der Waals surface area contributed by atoms with E-state index in [1.165, 1.54) is 10.8 Å². The van der Waals surface area contributed by atoms with Crippen molar-refractivity contribution in [3.63, 3.8) is 0 Å². The van der Waals surface area contributed by atoms with Gasteiger partial charge in [-0.05, 0) is 56.9 Å². The minimum Gasteiger partial charge on any atom is -0.435 e. The van der Waals surface area contributed by atoms with Crippen molar-refractivity contribution < 1.29 is 19.4 Å². The van der Waals surface area contributed by atoms with Crippen LogP contribution in [0.5, 0.6) is 0 Å². The van der Waals surface area contributed by atoms with Crippen LogP contribution in [-0.4, -0.2) is 17.4 Å². The predicted octanol–water partition coefficient (Wildman–Crippen LogP) is 3.23. The number of aliphatic hydroxyl groups is 1. The maximum Gasteiger partial charge on any atom is 0.314 e. The number of cyclic esters (lactones) is 1. The number of carbonyl (C=O) groups excluding carboxylic acids is 1. The van der Waals surface area contributed by atoms with E-state index in [4.69, 9.17) is 9.47 Å².